The summed E-state index contributed by atoms with van der Waals surface area (Å²) in [6, 6.07) is 12.9. The first-order valence-corrected chi connectivity index (χ1v) is 6.11. The van der Waals surface area contributed by atoms with Crippen LogP contribution in [0.15, 0.2) is 36.4 Å². The van der Waals surface area contributed by atoms with Gasteiger partial charge in [0.15, 0.2) is 0 Å². The smallest absolute Gasteiger partial charge is 1.00 e. The number of hydrogen-bond acceptors (Lipinski definition) is 0. The molecule has 20 heavy (non-hydrogen) atoms. The zero-order valence-electron chi connectivity index (χ0n) is 12.5. The molecule has 0 saturated carbocycles. The van der Waals surface area contributed by atoms with Crippen molar-refractivity contribution in [2.45, 2.75) is 40.5 Å². The van der Waals surface area contributed by atoms with Gasteiger partial charge < -0.3 is 37.2 Å². The largest absolute Gasteiger partial charge is 3.00 e. The third-order valence-corrected chi connectivity index (χ3v) is 3.06. The fraction of sp³-hybridized carbons (Fsp3) is 0.375. The maximum atomic E-state index is 2.18. The summed E-state index contributed by atoms with van der Waals surface area (Å²) >= 11 is 0. The number of hydrogen-bond donors (Lipinski definition) is 0. The number of aryl methyl sites for hydroxylation is 4. The third-order valence-electron chi connectivity index (χ3n) is 3.06. The molecule has 0 aliphatic heterocycles. The van der Waals surface area contributed by atoms with E-state index in [9.17, 15) is 0 Å². The second kappa shape index (κ2) is 15.8. The molecule has 2 aromatic carbocycles. The van der Waals surface area contributed by atoms with Gasteiger partial charge in [0, 0.05) is 0 Å². The Hall–Kier alpha value is 0.453. The van der Waals surface area contributed by atoms with Crippen LogP contribution in [-0.4, -0.2) is 0 Å². The Morgan fingerprint density at radius 1 is 0.750 bits per heavy atom. The van der Waals surface area contributed by atoms with Crippen LogP contribution < -0.4 is 37.2 Å². The molecule has 4 heteroatoms. The summed E-state index contributed by atoms with van der Waals surface area (Å²) in [7, 11) is 0. The van der Waals surface area contributed by atoms with Gasteiger partial charge >= 0.3 is 26.2 Å². The molecule has 0 amide bonds. The van der Waals surface area contributed by atoms with Gasteiger partial charge in [0.05, 0.1) is 0 Å². The molecule has 2 aromatic rings. The average Bonchev–Trinajstić information content (AvgIpc) is 2.87. The van der Waals surface area contributed by atoms with E-state index in [0.29, 0.717) is 0 Å². The van der Waals surface area contributed by atoms with Gasteiger partial charge in [0.1, 0.15) is 0 Å². The molecule has 0 fully saturated rings. The van der Waals surface area contributed by atoms with E-state index in [-0.39, 0.29) is 63.4 Å². The third kappa shape index (κ3) is 9.40. The van der Waals surface area contributed by atoms with E-state index in [4.69, 9.17) is 0 Å². The van der Waals surface area contributed by atoms with Gasteiger partial charge in [-0.3, -0.25) is 0 Å². The van der Waals surface area contributed by atoms with Crippen molar-refractivity contribution >= 4 is 0 Å². The summed E-state index contributed by atoms with van der Waals surface area (Å²) in [5, 5.41) is 0. The molecule has 0 spiro atoms. The fourth-order valence-corrected chi connectivity index (χ4v) is 1.89. The average molecular weight is 412 g/mol. The van der Waals surface area contributed by atoms with E-state index in [0.717, 1.165) is 0 Å². The van der Waals surface area contributed by atoms with Crippen molar-refractivity contribution in [3.8, 4) is 0 Å². The minimum atomic E-state index is 0. The molecule has 1 radical (unpaired) electrons. The van der Waals surface area contributed by atoms with Crippen molar-refractivity contribution in [2.75, 3.05) is 0 Å². The SMILES string of the molecule is CC[c-]1cccc1C.CC[c-]1cccc1C.[Cl-].[Cl-].[Cl-].[Zr+3]. The van der Waals surface area contributed by atoms with Crippen molar-refractivity contribution in [1.29, 1.82) is 0 Å². The first-order chi connectivity index (χ1) is 7.69. The summed E-state index contributed by atoms with van der Waals surface area (Å²) in [6.45, 7) is 8.67. The Kier molecular flexibility index (Phi) is 22.6. The minimum absolute atomic E-state index is 0. The summed E-state index contributed by atoms with van der Waals surface area (Å²) in [5.74, 6) is 0. The van der Waals surface area contributed by atoms with Gasteiger partial charge in [-0.2, -0.15) is 34.4 Å². The van der Waals surface area contributed by atoms with Crippen LogP contribution in [0.3, 0.4) is 0 Å². The second-order valence-corrected chi connectivity index (χ2v) is 4.18. The number of halogens is 3. The summed E-state index contributed by atoms with van der Waals surface area (Å²) in [6.07, 6.45) is 2.33. The van der Waals surface area contributed by atoms with Gasteiger partial charge in [-0.25, -0.2) is 24.3 Å². The quantitative estimate of drug-likeness (QED) is 0.438. The molecule has 2 rings (SSSR count). The first kappa shape index (κ1) is 28.6. The maximum absolute atomic E-state index is 2.18. The standard InChI is InChI=1S/2C8H11.3ClH.Zr/c2*1-3-8-6-4-5-7(8)2;;;;/h2*4-6H,3H2,1-2H3;3*1H;/q2*-1;;;;+3/p-3. The summed E-state index contributed by atoms with van der Waals surface area (Å²) in [4.78, 5) is 0. The van der Waals surface area contributed by atoms with E-state index in [1.165, 1.54) is 35.1 Å². The van der Waals surface area contributed by atoms with E-state index in [1.54, 1.807) is 0 Å². The molecule has 0 heterocycles. The van der Waals surface area contributed by atoms with E-state index in [1.807, 2.05) is 0 Å². The van der Waals surface area contributed by atoms with Crippen molar-refractivity contribution in [2.24, 2.45) is 0 Å². The van der Waals surface area contributed by atoms with Crippen LogP contribution in [0.5, 0.6) is 0 Å². The molecule has 0 nitrogen and oxygen atoms in total. The molecule has 0 aliphatic carbocycles. The molecule has 0 atom stereocenters. The van der Waals surface area contributed by atoms with E-state index in [2.05, 4.69) is 64.1 Å². The molecule has 0 saturated heterocycles. The van der Waals surface area contributed by atoms with Crippen molar-refractivity contribution in [1.82, 2.24) is 0 Å². The molecule has 0 N–H and O–H groups in total. The normalized spacial score (nSPS) is 7.80. The summed E-state index contributed by atoms with van der Waals surface area (Å²) in [5.41, 5.74) is 5.80. The number of rotatable bonds is 2. The van der Waals surface area contributed by atoms with Crippen LogP contribution >= 0.6 is 0 Å². The Labute approximate surface area is 161 Å². The molecule has 0 unspecified atom stereocenters. The second-order valence-electron chi connectivity index (χ2n) is 4.18. The molecular formula is C16H22Cl3Zr-2. The Balaban J connectivity index is -0.000000107. The van der Waals surface area contributed by atoms with Gasteiger partial charge in [-0.05, 0) is 0 Å². The molecule has 0 aliphatic rings. The molecule has 0 bridgehead atoms. The van der Waals surface area contributed by atoms with Gasteiger partial charge in [-0.15, -0.1) is 0 Å². The predicted molar refractivity (Wildman–Crippen MR) is 72.3 cm³/mol. The summed E-state index contributed by atoms with van der Waals surface area (Å²) < 4.78 is 0. The van der Waals surface area contributed by atoms with Crippen LogP contribution in [0.25, 0.3) is 0 Å². The van der Waals surface area contributed by atoms with E-state index >= 15 is 0 Å². The van der Waals surface area contributed by atoms with Crippen LogP contribution in [0.2, 0.25) is 0 Å². The van der Waals surface area contributed by atoms with Gasteiger partial charge in [0.2, 0.25) is 0 Å². The first-order valence-electron chi connectivity index (χ1n) is 6.11. The van der Waals surface area contributed by atoms with Crippen molar-refractivity contribution < 1.29 is 63.4 Å². The Morgan fingerprint density at radius 3 is 1.15 bits per heavy atom. The predicted octanol–water partition coefficient (Wildman–Crippen LogP) is -4.44. The minimum Gasteiger partial charge on any atom is -1.00 e. The van der Waals surface area contributed by atoms with Crippen LogP contribution in [0.1, 0.15) is 36.1 Å². The fourth-order valence-electron chi connectivity index (χ4n) is 1.89. The van der Waals surface area contributed by atoms with Crippen molar-refractivity contribution in [3.05, 3.63) is 58.7 Å². The van der Waals surface area contributed by atoms with Crippen LogP contribution in [-0.2, 0) is 39.0 Å². The van der Waals surface area contributed by atoms with Gasteiger partial charge in [0.25, 0.3) is 0 Å². The molecule has 0 aromatic heterocycles. The monoisotopic (exact) mass is 409 g/mol. The maximum Gasteiger partial charge on any atom is 3.00 e. The van der Waals surface area contributed by atoms with Crippen molar-refractivity contribution in [3.63, 3.8) is 0 Å². The Morgan fingerprint density at radius 2 is 1.05 bits per heavy atom. The van der Waals surface area contributed by atoms with Crippen LogP contribution in [0, 0.1) is 13.8 Å². The molecule has 113 valence electrons. The van der Waals surface area contributed by atoms with Crippen LogP contribution in [0.4, 0.5) is 0 Å². The zero-order valence-corrected chi connectivity index (χ0v) is 17.2. The Bertz CT molecular complexity index is 379. The molecular weight excluding hydrogens is 390 g/mol. The zero-order chi connectivity index (χ0) is 12.0. The topological polar surface area (TPSA) is 0 Å². The van der Waals surface area contributed by atoms with Gasteiger partial charge in [-0.1, -0.05) is 40.5 Å². The van der Waals surface area contributed by atoms with E-state index < -0.39 is 0 Å².